The predicted octanol–water partition coefficient (Wildman–Crippen LogP) is 4.70. The molecule has 0 saturated carbocycles. The Hall–Kier alpha value is -3.47. The van der Waals surface area contributed by atoms with Crippen LogP contribution in [0.25, 0.3) is 0 Å². The fourth-order valence-electron chi connectivity index (χ4n) is 2.57. The fraction of sp³-hybridized carbons (Fsp3) is 0.0952. The second kappa shape index (κ2) is 8.07. The molecule has 5 heteroatoms. The number of nitrogens with one attached hydrogen (secondary N) is 2. The van der Waals surface area contributed by atoms with Crippen molar-refractivity contribution in [3.8, 4) is 11.5 Å². The third-order valence-corrected chi connectivity index (χ3v) is 3.87. The first-order valence-electron chi connectivity index (χ1n) is 8.15. The van der Waals surface area contributed by atoms with Crippen LogP contribution in [0.1, 0.15) is 10.4 Å². The lowest BCUT2D eigenvalue weighted by Gasteiger charge is -2.14. The molecule has 3 aromatic rings. The number of methoxy groups -OCH3 is 2. The van der Waals surface area contributed by atoms with Crippen molar-refractivity contribution >= 4 is 23.0 Å². The molecular formula is C21H20N2O3. The van der Waals surface area contributed by atoms with Gasteiger partial charge in [-0.15, -0.1) is 0 Å². The highest BCUT2D eigenvalue weighted by atomic mass is 16.5. The molecule has 132 valence electrons. The fourth-order valence-corrected chi connectivity index (χ4v) is 2.57. The summed E-state index contributed by atoms with van der Waals surface area (Å²) in [5.74, 6) is 1.04. The van der Waals surface area contributed by atoms with Crippen LogP contribution in [0.5, 0.6) is 11.5 Å². The smallest absolute Gasteiger partial charge is 0.255 e. The van der Waals surface area contributed by atoms with Crippen LogP contribution in [0.3, 0.4) is 0 Å². The van der Waals surface area contributed by atoms with Gasteiger partial charge in [0.05, 0.1) is 25.6 Å². The summed E-state index contributed by atoms with van der Waals surface area (Å²) in [5.41, 5.74) is 2.75. The largest absolute Gasteiger partial charge is 0.495 e. The highest BCUT2D eigenvalue weighted by Gasteiger charge is 2.12. The molecule has 0 fully saturated rings. The molecule has 0 spiro atoms. The van der Waals surface area contributed by atoms with Crippen molar-refractivity contribution in [3.05, 3.63) is 78.4 Å². The molecule has 0 aliphatic carbocycles. The molecule has 3 aromatic carbocycles. The highest BCUT2D eigenvalue weighted by molar-refractivity contribution is 6.05. The lowest BCUT2D eigenvalue weighted by atomic mass is 10.1. The van der Waals surface area contributed by atoms with Crippen LogP contribution < -0.4 is 20.1 Å². The number of anilines is 3. The number of hydrogen-bond donors (Lipinski definition) is 2. The number of hydrogen-bond acceptors (Lipinski definition) is 4. The van der Waals surface area contributed by atoms with Gasteiger partial charge in [-0.3, -0.25) is 4.79 Å². The first kappa shape index (κ1) is 17.4. The molecule has 0 heterocycles. The van der Waals surface area contributed by atoms with Gasteiger partial charge in [0.2, 0.25) is 0 Å². The van der Waals surface area contributed by atoms with Crippen molar-refractivity contribution in [2.45, 2.75) is 0 Å². The predicted molar refractivity (Wildman–Crippen MR) is 104 cm³/mol. The zero-order chi connectivity index (χ0) is 18.4. The van der Waals surface area contributed by atoms with Gasteiger partial charge < -0.3 is 20.1 Å². The zero-order valence-electron chi connectivity index (χ0n) is 14.7. The molecule has 0 atom stereocenters. The SMILES string of the molecule is COc1ccccc1NC(=O)c1ccc(OC)c(Nc2ccccc2)c1. The third-order valence-electron chi connectivity index (χ3n) is 3.87. The van der Waals surface area contributed by atoms with E-state index in [0.717, 1.165) is 5.69 Å². The molecule has 0 radical (unpaired) electrons. The number of benzene rings is 3. The van der Waals surface area contributed by atoms with Crippen LogP contribution in [-0.2, 0) is 0 Å². The van der Waals surface area contributed by atoms with Crippen LogP contribution in [0.2, 0.25) is 0 Å². The van der Waals surface area contributed by atoms with Gasteiger partial charge in [0.1, 0.15) is 11.5 Å². The summed E-state index contributed by atoms with van der Waals surface area (Å²) in [4.78, 5) is 12.7. The van der Waals surface area contributed by atoms with Crippen molar-refractivity contribution in [2.75, 3.05) is 24.9 Å². The second-order valence-electron chi connectivity index (χ2n) is 5.56. The van der Waals surface area contributed by atoms with Gasteiger partial charge in [-0.2, -0.15) is 0 Å². The quantitative estimate of drug-likeness (QED) is 0.678. The number of amides is 1. The Balaban J connectivity index is 1.85. The lowest BCUT2D eigenvalue weighted by molar-refractivity contribution is 0.102. The van der Waals surface area contributed by atoms with E-state index in [1.54, 1.807) is 44.6 Å². The van der Waals surface area contributed by atoms with E-state index in [1.807, 2.05) is 42.5 Å². The summed E-state index contributed by atoms with van der Waals surface area (Å²) in [6, 6.07) is 22.2. The lowest BCUT2D eigenvalue weighted by Crippen LogP contribution is -2.13. The van der Waals surface area contributed by atoms with E-state index < -0.39 is 0 Å². The summed E-state index contributed by atoms with van der Waals surface area (Å²) >= 11 is 0. The molecular weight excluding hydrogens is 328 g/mol. The highest BCUT2D eigenvalue weighted by Crippen LogP contribution is 2.30. The summed E-state index contributed by atoms with van der Waals surface area (Å²) in [6.45, 7) is 0. The molecule has 0 bridgehead atoms. The van der Waals surface area contributed by atoms with Gasteiger partial charge in [-0.25, -0.2) is 0 Å². The Morgan fingerprint density at radius 2 is 1.42 bits per heavy atom. The maximum absolute atomic E-state index is 12.7. The van der Waals surface area contributed by atoms with Crippen molar-refractivity contribution in [1.29, 1.82) is 0 Å². The number of ether oxygens (including phenoxy) is 2. The van der Waals surface area contributed by atoms with E-state index in [-0.39, 0.29) is 5.91 Å². The second-order valence-corrected chi connectivity index (χ2v) is 5.56. The van der Waals surface area contributed by atoms with E-state index in [0.29, 0.717) is 28.4 Å². The van der Waals surface area contributed by atoms with Gasteiger partial charge in [-0.05, 0) is 42.5 Å². The van der Waals surface area contributed by atoms with E-state index >= 15 is 0 Å². The van der Waals surface area contributed by atoms with Gasteiger partial charge in [0, 0.05) is 11.3 Å². The van der Waals surface area contributed by atoms with Crippen LogP contribution in [0.4, 0.5) is 17.1 Å². The molecule has 2 N–H and O–H groups in total. The molecule has 0 aliphatic rings. The maximum atomic E-state index is 12.7. The molecule has 1 amide bonds. The van der Waals surface area contributed by atoms with Gasteiger partial charge >= 0.3 is 0 Å². The molecule has 0 aliphatic heterocycles. The summed E-state index contributed by atoms with van der Waals surface area (Å²) in [5, 5.41) is 6.15. The van der Waals surface area contributed by atoms with E-state index in [4.69, 9.17) is 9.47 Å². The minimum absolute atomic E-state index is 0.228. The van der Waals surface area contributed by atoms with Crippen LogP contribution >= 0.6 is 0 Å². The van der Waals surface area contributed by atoms with Crippen molar-refractivity contribution < 1.29 is 14.3 Å². The molecule has 0 saturated heterocycles. The molecule has 5 nitrogen and oxygen atoms in total. The third kappa shape index (κ3) is 3.95. The zero-order valence-corrected chi connectivity index (χ0v) is 14.7. The average molecular weight is 348 g/mol. The van der Waals surface area contributed by atoms with Crippen LogP contribution in [0, 0.1) is 0 Å². The van der Waals surface area contributed by atoms with Gasteiger partial charge in [-0.1, -0.05) is 30.3 Å². The van der Waals surface area contributed by atoms with Crippen molar-refractivity contribution in [3.63, 3.8) is 0 Å². The Bertz CT molecular complexity index is 895. The summed E-state index contributed by atoms with van der Waals surface area (Å²) < 4.78 is 10.7. The van der Waals surface area contributed by atoms with Crippen LogP contribution in [0.15, 0.2) is 72.8 Å². The number of para-hydroxylation sites is 3. The Labute approximate surface area is 152 Å². The average Bonchev–Trinajstić information content (AvgIpc) is 2.69. The Morgan fingerprint density at radius 1 is 0.769 bits per heavy atom. The van der Waals surface area contributed by atoms with Crippen molar-refractivity contribution in [1.82, 2.24) is 0 Å². The number of rotatable bonds is 6. The Kier molecular flexibility index (Phi) is 5.39. The minimum atomic E-state index is -0.228. The first-order chi connectivity index (χ1) is 12.7. The minimum Gasteiger partial charge on any atom is -0.495 e. The number of carbonyl (C=O) groups excluding carboxylic acids is 1. The summed E-state index contributed by atoms with van der Waals surface area (Å²) in [7, 11) is 3.17. The summed E-state index contributed by atoms with van der Waals surface area (Å²) in [6.07, 6.45) is 0. The maximum Gasteiger partial charge on any atom is 0.255 e. The Morgan fingerprint density at radius 3 is 2.15 bits per heavy atom. The molecule has 0 unspecified atom stereocenters. The van der Waals surface area contributed by atoms with E-state index in [9.17, 15) is 4.79 Å². The normalized spacial score (nSPS) is 10.1. The van der Waals surface area contributed by atoms with Crippen molar-refractivity contribution in [2.24, 2.45) is 0 Å². The monoisotopic (exact) mass is 348 g/mol. The molecule has 0 aromatic heterocycles. The standard InChI is InChI=1S/C21H20N2O3/c1-25-19-11-7-6-10-17(19)23-21(24)15-12-13-20(26-2)18(14-15)22-16-8-4-3-5-9-16/h3-14,22H,1-2H3,(H,23,24). The number of carbonyl (C=O) groups is 1. The van der Waals surface area contributed by atoms with E-state index in [1.165, 1.54) is 0 Å². The van der Waals surface area contributed by atoms with Crippen LogP contribution in [-0.4, -0.2) is 20.1 Å². The van der Waals surface area contributed by atoms with E-state index in [2.05, 4.69) is 10.6 Å². The van der Waals surface area contributed by atoms with Gasteiger partial charge in [0.25, 0.3) is 5.91 Å². The molecule has 3 rings (SSSR count). The topological polar surface area (TPSA) is 59.6 Å². The van der Waals surface area contributed by atoms with Gasteiger partial charge in [0.15, 0.2) is 0 Å². The molecule has 26 heavy (non-hydrogen) atoms. The first-order valence-corrected chi connectivity index (χ1v) is 8.15.